The third kappa shape index (κ3) is 2.60. The molecule has 0 aliphatic carbocycles. The predicted octanol–water partition coefficient (Wildman–Crippen LogP) is 1.44. The smallest absolute Gasteiger partial charge is 0.337 e. The molecule has 0 bridgehead atoms. The third-order valence-electron chi connectivity index (χ3n) is 1.36. The second-order valence-corrected chi connectivity index (χ2v) is 2.91. The molecule has 1 aromatic carbocycles. The highest BCUT2D eigenvalue weighted by atomic mass is 32.8. The molecule has 2 N–H and O–H groups in total. The quantitative estimate of drug-likeness (QED) is 0.747. The molecule has 0 atom stereocenters. The SMILES string of the molecule is O=C(O)c1ccccc1NN=S=S. The van der Waals surface area contributed by atoms with Gasteiger partial charge >= 0.3 is 5.97 Å². The summed E-state index contributed by atoms with van der Waals surface area (Å²) in [6.07, 6.45) is 0. The molecule has 4 nitrogen and oxygen atoms in total. The van der Waals surface area contributed by atoms with Crippen LogP contribution in [-0.2, 0) is 21.3 Å². The van der Waals surface area contributed by atoms with Crippen LogP contribution in [0.15, 0.2) is 28.7 Å². The van der Waals surface area contributed by atoms with Crippen molar-refractivity contribution < 1.29 is 9.90 Å². The van der Waals surface area contributed by atoms with Crippen molar-refractivity contribution in [3.8, 4) is 0 Å². The molecule has 0 saturated carbocycles. The van der Waals surface area contributed by atoms with E-state index in [1.165, 1.54) is 6.07 Å². The Morgan fingerprint density at radius 2 is 2.23 bits per heavy atom. The Hall–Kier alpha value is -1.27. The topological polar surface area (TPSA) is 61.7 Å². The molecule has 68 valence electrons. The Kier molecular flexibility index (Phi) is 3.53. The van der Waals surface area contributed by atoms with Crippen LogP contribution in [0.4, 0.5) is 5.69 Å². The maximum Gasteiger partial charge on any atom is 0.337 e. The van der Waals surface area contributed by atoms with Crippen LogP contribution in [0.5, 0.6) is 0 Å². The van der Waals surface area contributed by atoms with Crippen molar-refractivity contribution in [2.45, 2.75) is 0 Å². The highest BCUT2D eigenvalue weighted by Crippen LogP contribution is 2.14. The number of aromatic carboxylic acids is 1. The van der Waals surface area contributed by atoms with Crippen LogP contribution in [0.2, 0.25) is 0 Å². The minimum absolute atomic E-state index is 0.176. The number of benzene rings is 1. The Balaban J connectivity index is 3.04. The maximum atomic E-state index is 10.7. The van der Waals surface area contributed by atoms with Gasteiger partial charge < -0.3 is 5.11 Å². The highest BCUT2D eigenvalue weighted by Gasteiger charge is 2.07. The third-order valence-corrected chi connectivity index (χ3v) is 1.75. The molecule has 0 aliphatic rings. The average molecular weight is 214 g/mol. The zero-order valence-corrected chi connectivity index (χ0v) is 8.06. The summed E-state index contributed by atoms with van der Waals surface area (Å²) >= 11 is 4.50. The number of para-hydroxylation sites is 1. The fraction of sp³-hybridized carbons (Fsp3) is 0. The summed E-state index contributed by atoms with van der Waals surface area (Å²) in [6, 6.07) is 6.49. The minimum Gasteiger partial charge on any atom is -0.478 e. The molecular formula is C7H6N2O2S2. The number of anilines is 1. The Morgan fingerprint density at radius 3 is 2.85 bits per heavy atom. The Morgan fingerprint density at radius 1 is 1.54 bits per heavy atom. The van der Waals surface area contributed by atoms with Crippen LogP contribution in [0.25, 0.3) is 0 Å². The summed E-state index contributed by atoms with van der Waals surface area (Å²) in [5, 5.41) is 8.75. The van der Waals surface area contributed by atoms with Crippen LogP contribution < -0.4 is 5.43 Å². The second kappa shape index (κ2) is 4.68. The molecule has 6 heteroatoms. The lowest BCUT2D eigenvalue weighted by Gasteiger charge is -2.01. The fourth-order valence-electron chi connectivity index (χ4n) is 0.835. The van der Waals surface area contributed by atoms with Crippen molar-refractivity contribution in [3.63, 3.8) is 0 Å². The fourth-order valence-corrected chi connectivity index (χ4v) is 1.08. The number of hydrogen-bond acceptors (Lipinski definition) is 3. The van der Waals surface area contributed by atoms with Crippen molar-refractivity contribution in [1.29, 1.82) is 0 Å². The molecule has 0 fully saturated rings. The number of carboxylic acid groups (broad SMARTS) is 1. The minimum atomic E-state index is -0.993. The zero-order valence-electron chi connectivity index (χ0n) is 6.43. The summed E-state index contributed by atoms with van der Waals surface area (Å²) < 4.78 is 3.60. The normalized spacial score (nSPS) is 8.92. The van der Waals surface area contributed by atoms with E-state index in [9.17, 15) is 4.79 Å². The van der Waals surface area contributed by atoms with Crippen LogP contribution in [0.3, 0.4) is 0 Å². The van der Waals surface area contributed by atoms with E-state index in [2.05, 4.69) is 21.1 Å². The van der Waals surface area contributed by atoms with Gasteiger partial charge in [0.15, 0.2) is 0 Å². The van der Waals surface area contributed by atoms with Gasteiger partial charge in [-0.05, 0) is 12.1 Å². The Bertz CT molecular complexity index is 375. The van der Waals surface area contributed by atoms with Crippen molar-refractivity contribution in [1.82, 2.24) is 0 Å². The monoisotopic (exact) mass is 214 g/mol. The van der Waals surface area contributed by atoms with Crippen molar-refractivity contribution in [3.05, 3.63) is 29.8 Å². The van der Waals surface area contributed by atoms with Gasteiger partial charge in [-0.3, -0.25) is 5.43 Å². The van der Waals surface area contributed by atoms with Gasteiger partial charge in [-0.2, -0.15) is 0 Å². The lowest BCUT2D eigenvalue weighted by atomic mass is 10.2. The predicted molar refractivity (Wildman–Crippen MR) is 54.2 cm³/mol. The van der Waals surface area contributed by atoms with E-state index in [1.54, 1.807) is 18.2 Å². The molecule has 0 radical (unpaired) electrons. The van der Waals surface area contributed by atoms with Crippen LogP contribution in [-0.4, -0.2) is 11.1 Å². The molecule has 1 aromatic rings. The van der Waals surface area contributed by atoms with Crippen LogP contribution in [0.1, 0.15) is 10.4 Å². The molecule has 0 saturated heterocycles. The van der Waals surface area contributed by atoms with Crippen LogP contribution >= 0.6 is 0 Å². The number of carbonyl (C=O) groups is 1. The molecule has 0 unspecified atom stereocenters. The number of hydrogen-bond donors (Lipinski definition) is 2. The zero-order chi connectivity index (χ0) is 9.68. The van der Waals surface area contributed by atoms with Crippen molar-refractivity contribution >= 4 is 33.0 Å². The summed E-state index contributed by atoms with van der Waals surface area (Å²) in [6.45, 7) is 0. The standard InChI is InChI=1S/C7H6N2O2S2/c10-7(11)5-3-1-2-4-6(5)8-9-13-12/h1-4,8H,(H,10,11). The number of rotatable bonds is 3. The first-order chi connectivity index (χ1) is 6.25. The molecule has 0 amide bonds. The van der Waals surface area contributed by atoms with Crippen molar-refractivity contribution in [2.24, 2.45) is 4.47 Å². The van der Waals surface area contributed by atoms with Crippen LogP contribution in [0, 0.1) is 0 Å². The first kappa shape index (κ1) is 9.82. The van der Waals surface area contributed by atoms with Gasteiger partial charge in [-0.1, -0.05) is 12.1 Å². The number of carboxylic acids is 1. The Labute approximate surface area is 82.9 Å². The summed E-state index contributed by atoms with van der Waals surface area (Å²) in [4.78, 5) is 10.7. The molecule has 0 heterocycles. The van der Waals surface area contributed by atoms with Gasteiger partial charge in [0, 0.05) is 11.2 Å². The first-order valence-electron chi connectivity index (χ1n) is 3.33. The second-order valence-electron chi connectivity index (χ2n) is 2.13. The van der Waals surface area contributed by atoms with E-state index in [0.717, 1.165) is 10.1 Å². The summed E-state index contributed by atoms with van der Waals surface area (Å²) in [7, 11) is 0.821. The van der Waals surface area contributed by atoms with Gasteiger partial charge in [-0.25, -0.2) is 4.79 Å². The molecular weight excluding hydrogens is 208 g/mol. The molecule has 0 spiro atoms. The number of nitrogens with zero attached hydrogens (tertiary/aromatic N) is 1. The van der Waals surface area contributed by atoms with E-state index in [4.69, 9.17) is 5.11 Å². The van der Waals surface area contributed by atoms with E-state index in [0.29, 0.717) is 5.69 Å². The summed E-state index contributed by atoms with van der Waals surface area (Å²) in [5.74, 6) is -0.993. The van der Waals surface area contributed by atoms with Gasteiger partial charge in [0.05, 0.1) is 21.4 Å². The molecule has 13 heavy (non-hydrogen) atoms. The highest BCUT2D eigenvalue weighted by molar-refractivity contribution is 8.12. The van der Waals surface area contributed by atoms with Gasteiger partial charge in [-0.15, -0.1) is 4.47 Å². The van der Waals surface area contributed by atoms with E-state index in [-0.39, 0.29) is 5.56 Å². The van der Waals surface area contributed by atoms with E-state index in [1.807, 2.05) is 0 Å². The van der Waals surface area contributed by atoms with Crippen molar-refractivity contribution in [2.75, 3.05) is 5.43 Å². The molecule has 0 aromatic heterocycles. The van der Waals surface area contributed by atoms with Gasteiger partial charge in [0.2, 0.25) is 0 Å². The lowest BCUT2D eigenvalue weighted by molar-refractivity contribution is 0.0698. The summed E-state index contributed by atoms with van der Waals surface area (Å²) in [5.41, 5.74) is 3.16. The number of nitrogens with one attached hydrogen (secondary N) is 1. The van der Waals surface area contributed by atoms with Gasteiger partial charge in [0.1, 0.15) is 0 Å². The maximum absolute atomic E-state index is 10.7. The van der Waals surface area contributed by atoms with E-state index >= 15 is 0 Å². The molecule has 0 aliphatic heterocycles. The van der Waals surface area contributed by atoms with Gasteiger partial charge in [0.25, 0.3) is 0 Å². The first-order valence-corrected chi connectivity index (χ1v) is 5.03. The lowest BCUT2D eigenvalue weighted by Crippen LogP contribution is -2.01. The molecule has 1 rings (SSSR count). The van der Waals surface area contributed by atoms with E-state index < -0.39 is 5.97 Å². The largest absolute Gasteiger partial charge is 0.478 e. The average Bonchev–Trinajstić information content (AvgIpc) is 2.15.